The number of hydrogen-bond acceptors (Lipinski definition) is 8. The molecule has 45 heavy (non-hydrogen) atoms. The van der Waals surface area contributed by atoms with Crippen LogP contribution in [0, 0.1) is 24.0 Å². The van der Waals surface area contributed by atoms with Crippen LogP contribution in [0.5, 0.6) is 11.5 Å². The molecular formula is C33H28N4O8. The van der Waals surface area contributed by atoms with Crippen molar-refractivity contribution in [3.63, 3.8) is 0 Å². The zero-order chi connectivity index (χ0) is 31.9. The predicted octanol–water partition coefficient (Wildman–Crippen LogP) is 6.22. The molecule has 5 rings (SSSR count). The lowest BCUT2D eigenvalue weighted by Gasteiger charge is -2.10. The third kappa shape index (κ3) is 7.43. The van der Waals surface area contributed by atoms with E-state index in [9.17, 15) is 19.7 Å². The predicted molar refractivity (Wildman–Crippen MR) is 164 cm³/mol. The van der Waals surface area contributed by atoms with Crippen LogP contribution in [-0.2, 0) is 13.2 Å². The summed E-state index contributed by atoms with van der Waals surface area (Å²) in [7, 11) is 0. The van der Waals surface area contributed by atoms with Crippen molar-refractivity contribution in [2.24, 2.45) is 5.10 Å². The fourth-order valence-electron chi connectivity index (χ4n) is 4.55. The highest BCUT2D eigenvalue weighted by Gasteiger charge is 2.17. The Hall–Kier alpha value is -6.17. The number of furan rings is 1. The third-order valence-corrected chi connectivity index (χ3v) is 6.76. The number of aromatic nitrogens is 1. The number of carboxylic acid groups (broad SMARTS) is 1. The Morgan fingerprint density at radius 3 is 2.42 bits per heavy atom. The number of carbonyl (C=O) groups is 2. The maximum absolute atomic E-state index is 12.5. The summed E-state index contributed by atoms with van der Waals surface area (Å²) in [6, 6.07) is 25.2. The highest BCUT2D eigenvalue weighted by molar-refractivity contribution is 5.92. The van der Waals surface area contributed by atoms with E-state index < -0.39 is 16.8 Å². The van der Waals surface area contributed by atoms with Crippen LogP contribution < -0.4 is 14.9 Å². The summed E-state index contributed by atoms with van der Waals surface area (Å²) < 4.78 is 19.1. The molecular weight excluding hydrogens is 580 g/mol. The number of carbonyl (C=O) groups excluding carboxylic acids is 1. The van der Waals surface area contributed by atoms with Crippen LogP contribution in [0.2, 0.25) is 0 Å². The quantitative estimate of drug-likeness (QED) is 0.0960. The average molecular weight is 609 g/mol. The van der Waals surface area contributed by atoms with Gasteiger partial charge in [-0.3, -0.25) is 14.9 Å². The molecule has 0 aliphatic heterocycles. The molecule has 1 amide bonds. The average Bonchev–Trinajstić information content (AvgIpc) is 3.65. The van der Waals surface area contributed by atoms with Crippen molar-refractivity contribution in [1.82, 2.24) is 9.99 Å². The Balaban J connectivity index is 1.14. The van der Waals surface area contributed by atoms with Crippen LogP contribution in [0.3, 0.4) is 0 Å². The maximum Gasteiger partial charge on any atom is 0.335 e. The number of aryl methyl sites for hydroxylation is 2. The number of carboxylic acids is 1. The first-order valence-corrected chi connectivity index (χ1v) is 13.7. The number of rotatable bonds is 12. The smallest absolute Gasteiger partial charge is 0.335 e. The fraction of sp³-hybridized carbons (Fsp3) is 0.121. The Bertz CT molecular complexity index is 1870. The molecule has 2 aromatic heterocycles. The molecule has 0 atom stereocenters. The van der Waals surface area contributed by atoms with E-state index in [2.05, 4.69) is 27.2 Å². The minimum absolute atomic E-state index is 0.00529. The van der Waals surface area contributed by atoms with Gasteiger partial charge in [-0.25, -0.2) is 10.2 Å². The van der Waals surface area contributed by atoms with Crippen molar-refractivity contribution >= 4 is 23.8 Å². The van der Waals surface area contributed by atoms with Crippen molar-refractivity contribution in [1.29, 1.82) is 0 Å². The molecule has 0 bridgehead atoms. The minimum atomic E-state index is -1.09. The van der Waals surface area contributed by atoms with Gasteiger partial charge >= 0.3 is 17.6 Å². The molecule has 0 fully saturated rings. The molecule has 0 aliphatic carbocycles. The topological polar surface area (TPSA) is 158 Å². The van der Waals surface area contributed by atoms with E-state index in [-0.39, 0.29) is 36.0 Å². The summed E-state index contributed by atoms with van der Waals surface area (Å²) in [6.07, 6.45) is 1.25. The standard InChI is InChI=1S/C33H28N4O8/c1-21-6-7-22(2)36(21)26-9-11-27(12-10-26)43-20-28-13-15-31(45-28)32(38)35-34-18-23-8-14-30(29(17-23)37(41)42)44-19-24-4-3-5-25(16-24)33(39)40/h3-18H,19-20H2,1-2H3,(H,35,38)(H,39,40)/b34-18+. The lowest BCUT2D eigenvalue weighted by Crippen LogP contribution is -2.16. The van der Waals surface area contributed by atoms with Gasteiger partial charge in [0.15, 0.2) is 11.5 Å². The van der Waals surface area contributed by atoms with Crippen LogP contribution >= 0.6 is 0 Å². The lowest BCUT2D eigenvalue weighted by molar-refractivity contribution is -0.385. The first kappa shape index (κ1) is 30.3. The molecule has 0 radical (unpaired) electrons. The number of hydrogen-bond donors (Lipinski definition) is 2. The Kier molecular flexibility index (Phi) is 9.04. The van der Waals surface area contributed by atoms with Gasteiger partial charge in [0, 0.05) is 28.7 Å². The molecule has 0 saturated carbocycles. The molecule has 0 spiro atoms. The molecule has 2 heterocycles. The highest BCUT2D eigenvalue weighted by Crippen LogP contribution is 2.28. The zero-order valence-corrected chi connectivity index (χ0v) is 24.3. The second kappa shape index (κ2) is 13.4. The molecule has 0 saturated heterocycles. The second-order valence-electron chi connectivity index (χ2n) is 9.98. The summed E-state index contributed by atoms with van der Waals surface area (Å²) in [4.78, 5) is 34.7. The van der Waals surface area contributed by atoms with Crippen LogP contribution in [0.1, 0.15) is 49.2 Å². The van der Waals surface area contributed by atoms with Gasteiger partial charge in [-0.1, -0.05) is 12.1 Å². The van der Waals surface area contributed by atoms with Gasteiger partial charge < -0.3 is 23.6 Å². The fourth-order valence-corrected chi connectivity index (χ4v) is 4.55. The lowest BCUT2D eigenvalue weighted by atomic mass is 10.1. The molecule has 3 aromatic carbocycles. The summed E-state index contributed by atoms with van der Waals surface area (Å²) in [5.41, 5.74) is 6.27. The van der Waals surface area contributed by atoms with E-state index in [1.54, 1.807) is 18.2 Å². The number of nitro groups is 1. The first-order valence-electron chi connectivity index (χ1n) is 13.7. The summed E-state index contributed by atoms with van der Waals surface area (Å²) >= 11 is 0. The number of nitrogens with one attached hydrogen (secondary N) is 1. The van der Waals surface area contributed by atoms with Crippen LogP contribution in [-0.4, -0.2) is 32.7 Å². The third-order valence-electron chi connectivity index (χ3n) is 6.76. The molecule has 228 valence electrons. The van der Waals surface area contributed by atoms with E-state index in [0.29, 0.717) is 22.6 Å². The van der Waals surface area contributed by atoms with Gasteiger partial charge in [-0.05, 0) is 92.2 Å². The maximum atomic E-state index is 12.5. The van der Waals surface area contributed by atoms with Gasteiger partial charge in [0.25, 0.3) is 0 Å². The van der Waals surface area contributed by atoms with Gasteiger partial charge in [0.05, 0.1) is 16.7 Å². The van der Waals surface area contributed by atoms with Crippen molar-refractivity contribution < 1.29 is 33.5 Å². The van der Waals surface area contributed by atoms with Crippen LogP contribution in [0.15, 0.2) is 101 Å². The minimum Gasteiger partial charge on any atom is -0.486 e. The Labute approximate surface area is 257 Å². The first-order chi connectivity index (χ1) is 21.7. The summed E-state index contributed by atoms with van der Waals surface area (Å²) in [6.45, 7) is 4.13. The Morgan fingerprint density at radius 2 is 1.71 bits per heavy atom. The summed E-state index contributed by atoms with van der Waals surface area (Å²) in [5, 5.41) is 24.7. The van der Waals surface area contributed by atoms with Crippen LogP contribution in [0.4, 0.5) is 5.69 Å². The van der Waals surface area contributed by atoms with Crippen molar-refractivity contribution in [3.05, 3.63) is 141 Å². The second-order valence-corrected chi connectivity index (χ2v) is 9.98. The van der Waals surface area contributed by atoms with Crippen molar-refractivity contribution in [2.45, 2.75) is 27.1 Å². The highest BCUT2D eigenvalue weighted by atomic mass is 16.6. The van der Waals surface area contributed by atoms with E-state index in [1.165, 1.54) is 42.6 Å². The normalized spacial score (nSPS) is 11.0. The van der Waals surface area contributed by atoms with E-state index >= 15 is 0 Å². The molecule has 0 unspecified atom stereocenters. The van der Waals surface area contributed by atoms with E-state index in [0.717, 1.165) is 17.1 Å². The number of nitro benzene ring substituents is 1. The van der Waals surface area contributed by atoms with Gasteiger partial charge in [-0.2, -0.15) is 5.10 Å². The number of hydrazone groups is 1. The number of nitrogens with zero attached hydrogens (tertiary/aromatic N) is 3. The number of ether oxygens (including phenoxy) is 2. The number of amides is 1. The van der Waals surface area contributed by atoms with Gasteiger partial charge in [-0.15, -0.1) is 0 Å². The van der Waals surface area contributed by atoms with Crippen LogP contribution in [0.25, 0.3) is 5.69 Å². The number of aromatic carboxylic acids is 1. The zero-order valence-electron chi connectivity index (χ0n) is 24.3. The largest absolute Gasteiger partial charge is 0.486 e. The van der Waals surface area contributed by atoms with Crippen molar-refractivity contribution in [2.75, 3.05) is 0 Å². The SMILES string of the molecule is Cc1ccc(C)n1-c1ccc(OCc2ccc(C(=O)N/N=C/c3ccc(OCc4cccc(C(=O)O)c4)c([N+](=O)[O-])c3)o2)cc1. The van der Waals surface area contributed by atoms with Gasteiger partial charge in [0.2, 0.25) is 0 Å². The molecule has 12 heteroatoms. The molecule has 0 aliphatic rings. The molecule has 2 N–H and O–H groups in total. The van der Waals surface area contributed by atoms with E-state index in [4.69, 9.17) is 19.0 Å². The Morgan fingerprint density at radius 1 is 0.956 bits per heavy atom. The molecule has 12 nitrogen and oxygen atoms in total. The van der Waals surface area contributed by atoms with Gasteiger partial charge in [0.1, 0.15) is 24.7 Å². The summed E-state index contributed by atoms with van der Waals surface area (Å²) in [5.74, 6) is -0.610. The number of benzene rings is 3. The van der Waals surface area contributed by atoms with Crippen molar-refractivity contribution in [3.8, 4) is 17.2 Å². The monoisotopic (exact) mass is 608 g/mol. The van der Waals surface area contributed by atoms with E-state index in [1.807, 2.05) is 38.1 Å². The molecule has 5 aromatic rings.